The number of carbonyl (C=O) groups excluding carboxylic acids is 2. The largest absolute Gasteiger partial charge is 0.463 e. The predicted molar refractivity (Wildman–Crippen MR) is 170 cm³/mol. The minimum atomic E-state index is -4.45. The number of nitrogens with two attached hydrogens (primary N) is 1. The number of nitrogen functional groups attached to an aromatic ring is 1. The number of fused-ring (bicyclic) bond motifs is 1. The van der Waals surface area contributed by atoms with E-state index in [2.05, 4.69) is 20.0 Å². The minimum Gasteiger partial charge on any atom is -0.463 e. The van der Waals surface area contributed by atoms with Gasteiger partial charge in [0.2, 0.25) is 5.95 Å². The minimum absolute atomic E-state index is 0.0169. The van der Waals surface area contributed by atoms with Crippen LogP contribution in [0.2, 0.25) is 5.15 Å². The summed E-state index contributed by atoms with van der Waals surface area (Å²) in [5.74, 6) is -0.447. The summed E-state index contributed by atoms with van der Waals surface area (Å²) < 4.78 is 44.1. The molecule has 0 spiro atoms. The van der Waals surface area contributed by atoms with Crippen molar-refractivity contribution < 1.29 is 47.6 Å². The Kier molecular flexibility index (Phi) is 12.0. The molecule has 6 atom stereocenters. The van der Waals surface area contributed by atoms with E-state index in [1.54, 1.807) is 45.9 Å². The zero-order valence-electron chi connectivity index (χ0n) is 26.6. The lowest BCUT2D eigenvalue weighted by atomic mass is 9.96. The van der Waals surface area contributed by atoms with Crippen LogP contribution in [-0.4, -0.2) is 91.3 Å². The number of aldehydes is 1. The maximum Gasteiger partial charge on any atom is 0.459 e. The molecule has 3 heterocycles. The standard InChI is InChI=1S/C29H40ClN6O10P/c1-16(2)42-13-19(12-37)35-47(41,46-20-9-7-6-8-18(20)10-11-22(38)44-17(3)4)43-14-21-24(39)29(5,40)27(45-21)36-15-32-23-25(30)33-28(31)34-26(23)36/h6-9,12,15-17,19,21,24,27,39-40H,10-11,13-14H2,1-5H3,(H,35,41)(H2,31,33,34)/t19-,21?,24+,27-,29-,47?/m1/s1. The number of esters is 1. The molecule has 0 amide bonds. The molecule has 0 saturated carbocycles. The third-order valence-corrected chi connectivity index (χ3v) is 8.90. The number of halogens is 1. The molecular weight excluding hydrogens is 659 g/mol. The summed E-state index contributed by atoms with van der Waals surface area (Å²) in [6.07, 6.45) is -2.59. The van der Waals surface area contributed by atoms with Crippen molar-refractivity contribution in [2.45, 2.75) is 89.7 Å². The molecule has 16 nitrogen and oxygen atoms in total. The van der Waals surface area contributed by atoms with Crippen LogP contribution in [-0.2, 0) is 39.3 Å². The number of benzene rings is 1. The number of nitrogens with one attached hydrogen (secondary N) is 1. The molecule has 1 aromatic carbocycles. The van der Waals surface area contributed by atoms with E-state index >= 15 is 0 Å². The Morgan fingerprint density at radius 3 is 2.66 bits per heavy atom. The molecule has 5 N–H and O–H groups in total. The van der Waals surface area contributed by atoms with Gasteiger partial charge in [0.25, 0.3) is 0 Å². The molecule has 2 unspecified atom stereocenters. The van der Waals surface area contributed by atoms with Crippen molar-refractivity contribution in [2.24, 2.45) is 0 Å². The van der Waals surface area contributed by atoms with Gasteiger partial charge in [-0.15, -0.1) is 0 Å². The normalized spacial score (nSPS) is 23.2. The number of hydrogen-bond donors (Lipinski definition) is 4. The first-order valence-electron chi connectivity index (χ1n) is 14.9. The summed E-state index contributed by atoms with van der Waals surface area (Å²) in [5, 5.41) is 25.0. The fourth-order valence-corrected chi connectivity index (χ4v) is 6.52. The van der Waals surface area contributed by atoms with Gasteiger partial charge in [-0.3, -0.25) is 13.9 Å². The van der Waals surface area contributed by atoms with Gasteiger partial charge in [-0.25, -0.2) is 9.55 Å². The first-order chi connectivity index (χ1) is 22.1. The second kappa shape index (κ2) is 15.3. The maximum atomic E-state index is 14.3. The van der Waals surface area contributed by atoms with Crippen molar-refractivity contribution in [3.05, 3.63) is 41.3 Å². The van der Waals surface area contributed by atoms with Crippen LogP contribution in [0.1, 0.15) is 52.8 Å². The number of para-hydroxylation sites is 1. The summed E-state index contributed by atoms with van der Waals surface area (Å²) in [6, 6.07) is 5.46. The molecule has 18 heteroatoms. The topological polar surface area (TPSA) is 219 Å². The SMILES string of the molecule is CC(C)OC[C@@H](C=O)NP(=O)(OCC1O[C@@H](n2cnc3c(Cl)nc(N)nc32)[C@](C)(O)[C@H]1O)Oc1ccccc1CCC(=O)OC(C)C. The van der Waals surface area contributed by atoms with Gasteiger partial charge in [-0.05, 0) is 52.7 Å². The van der Waals surface area contributed by atoms with E-state index in [9.17, 15) is 24.4 Å². The van der Waals surface area contributed by atoms with Crippen molar-refractivity contribution in [1.29, 1.82) is 0 Å². The number of anilines is 1. The van der Waals surface area contributed by atoms with Crippen LogP contribution in [0.3, 0.4) is 0 Å². The number of aliphatic hydroxyl groups excluding tert-OH is 1. The molecule has 1 aliphatic rings. The fraction of sp³-hybridized carbons (Fsp3) is 0.552. The Labute approximate surface area is 276 Å². The van der Waals surface area contributed by atoms with Gasteiger partial charge in [0, 0.05) is 6.42 Å². The van der Waals surface area contributed by atoms with Gasteiger partial charge in [-0.1, -0.05) is 29.8 Å². The third kappa shape index (κ3) is 9.03. The van der Waals surface area contributed by atoms with E-state index in [0.29, 0.717) is 11.8 Å². The summed E-state index contributed by atoms with van der Waals surface area (Å²) in [7, 11) is -4.45. The van der Waals surface area contributed by atoms with E-state index < -0.39 is 50.4 Å². The van der Waals surface area contributed by atoms with E-state index in [1.807, 2.05) is 0 Å². The molecule has 0 aliphatic carbocycles. The third-order valence-electron chi connectivity index (χ3n) is 7.07. The average Bonchev–Trinajstić information content (AvgIpc) is 3.50. The van der Waals surface area contributed by atoms with Crippen LogP contribution in [0.25, 0.3) is 11.2 Å². The second-order valence-electron chi connectivity index (χ2n) is 11.7. The monoisotopic (exact) mass is 698 g/mol. The van der Waals surface area contributed by atoms with Crippen molar-refractivity contribution in [1.82, 2.24) is 24.6 Å². The van der Waals surface area contributed by atoms with Crippen LogP contribution < -0.4 is 15.3 Å². The Morgan fingerprint density at radius 2 is 1.98 bits per heavy atom. The highest BCUT2D eigenvalue weighted by Crippen LogP contribution is 2.48. The molecule has 258 valence electrons. The van der Waals surface area contributed by atoms with Gasteiger partial charge in [-0.2, -0.15) is 15.1 Å². The summed E-state index contributed by atoms with van der Waals surface area (Å²) >= 11 is 6.15. The van der Waals surface area contributed by atoms with Crippen LogP contribution in [0.15, 0.2) is 30.6 Å². The molecule has 4 rings (SSSR count). The lowest BCUT2D eigenvalue weighted by Gasteiger charge is -2.27. The van der Waals surface area contributed by atoms with Crippen molar-refractivity contribution in [3.63, 3.8) is 0 Å². The van der Waals surface area contributed by atoms with Gasteiger partial charge < -0.3 is 39.5 Å². The Bertz CT molecular complexity index is 1600. The predicted octanol–water partition coefficient (Wildman–Crippen LogP) is 2.74. The number of imidazole rings is 1. The number of aromatic nitrogens is 4. The van der Waals surface area contributed by atoms with Gasteiger partial charge in [0.05, 0.1) is 37.8 Å². The molecule has 2 aromatic heterocycles. The van der Waals surface area contributed by atoms with E-state index in [4.69, 9.17) is 40.6 Å². The van der Waals surface area contributed by atoms with Crippen molar-refractivity contribution >= 4 is 48.7 Å². The first-order valence-corrected chi connectivity index (χ1v) is 16.8. The number of aliphatic hydroxyl groups is 2. The number of hydrogen-bond acceptors (Lipinski definition) is 14. The molecule has 0 radical (unpaired) electrons. The highest BCUT2D eigenvalue weighted by atomic mass is 35.5. The van der Waals surface area contributed by atoms with Crippen molar-refractivity contribution in [3.8, 4) is 5.75 Å². The highest BCUT2D eigenvalue weighted by molar-refractivity contribution is 7.52. The zero-order chi connectivity index (χ0) is 34.5. The molecule has 1 aliphatic heterocycles. The Morgan fingerprint density at radius 1 is 1.26 bits per heavy atom. The molecule has 0 bridgehead atoms. The quantitative estimate of drug-likeness (QED) is 0.0731. The van der Waals surface area contributed by atoms with E-state index in [1.165, 1.54) is 23.9 Å². The van der Waals surface area contributed by atoms with Gasteiger partial charge >= 0.3 is 13.7 Å². The lowest BCUT2D eigenvalue weighted by Crippen LogP contribution is -2.44. The highest BCUT2D eigenvalue weighted by Gasteiger charge is 2.54. The fourth-order valence-electron chi connectivity index (χ4n) is 4.80. The smallest absolute Gasteiger partial charge is 0.459 e. The second-order valence-corrected chi connectivity index (χ2v) is 13.7. The molecule has 3 aromatic rings. The number of ether oxygens (including phenoxy) is 3. The summed E-state index contributed by atoms with van der Waals surface area (Å²) in [4.78, 5) is 36.3. The zero-order valence-corrected chi connectivity index (χ0v) is 28.3. The van der Waals surface area contributed by atoms with E-state index in [-0.39, 0.29) is 59.7 Å². The molecule has 1 fully saturated rings. The van der Waals surface area contributed by atoms with Gasteiger partial charge in [0.1, 0.15) is 35.4 Å². The van der Waals surface area contributed by atoms with Gasteiger partial charge in [0.15, 0.2) is 17.0 Å². The summed E-state index contributed by atoms with van der Waals surface area (Å²) in [6.45, 7) is 7.64. The number of carbonyl (C=O) groups is 2. The maximum absolute atomic E-state index is 14.3. The van der Waals surface area contributed by atoms with Crippen molar-refractivity contribution in [2.75, 3.05) is 18.9 Å². The molecule has 47 heavy (non-hydrogen) atoms. The first kappa shape index (κ1) is 36.6. The van der Waals surface area contributed by atoms with Crippen LogP contribution in [0, 0.1) is 0 Å². The van der Waals surface area contributed by atoms with Crippen LogP contribution in [0.4, 0.5) is 5.95 Å². The number of aryl methyl sites for hydroxylation is 1. The number of rotatable bonds is 16. The Balaban J connectivity index is 1.57. The molecular formula is C29H40ClN6O10P. The average molecular weight is 699 g/mol. The lowest BCUT2D eigenvalue weighted by molar-refractivity contribution is -0.147. The Hall–Kier alpha value is -3.21. The van der Waals surface area contributed by atoms with Crippen LogP contribution in [0.5, 0.6) is 5.75 Å². The summed E-state index contributed by atoms with van der Waals surface area (Å²) in [5.41, 5.74) is 4.68. The molecule has 1 saturated heterocycles. The van der Waals surface area contributed by atoms with E-state index in [0.717, 1.165) is 0 Å². The number of nitrogens with zero attached hydrogens (tertiary/aromatic N) is 4. The van der Waals surface area contributed by atoms with Crippen LogP contribution >= 0.6 is 19.3 Å².